The highest BCUT2D eigenvalue weighted by Crippen LogP contribution is 2.31. The van der Waals surface area contributed by atoms with Crippen LogP contribution in [0.25, 0.3) is 22.1 Å². The minimum absolute atomic E-state index is 0.143. The van der Waals surface area contributed by atoms with Gasteiger partial charge < -0.3 is 0 Å². The normalized spacial score (nSPS) is 17.5. The van der Waals surface area contributed by atoms with Crippen molar-refractivity contribution in [1.82, 2.24) is 27.5 Å². The molecule has 12 heteroatoms. The molecule has 1 atom stereocenters. The van der Waals surface area contributed by atoms with Gasteiger partial charge >= 0.3 is 6.55 Å². The van der Waals surface area contributed by atoms with Crippen molar-refractivity contribution in [3.05, 3.63) is 48.3 Å². The molecule has 0 amide bonds. The molecule has 2 aromatic carbocycles. The van der Waals surface area contributed by atoms with Crippen molar-refractivity contribution in [3.63, 3.8) is 0 Å². The molecule has 1 aliphatic rings. The van der Waals surface area contributed by atoms with Gasteiger partial charge in [-0.25, -0.2) is 13.4 Å². The summed E-state index contributed by atoms with van der Waals surface area (Å²) in [6.07, 6.45) is 0. The number of rotatable bonds is 5. The number of benzene rings is 2. The maximum Gasteiger partial charge on any atom is 0.320 e. The zero-order valence-corrected chi connectivity index (χ0v) is 18.7. The lowest BCUT2D eigenvalue weighted by atomic mass is 10.2. The van der Waals surface area contributed by atoms with Crippen LogP contribution in [0, 0.1) is 0 Å². The SMILES string of the molecule is CC(c1nc2ccccc2n1C(F)F)N1CCN(S(=O)(=O)c2cccc3nsnc23)CC1. The molecule has 4 aromatic rings. The van der Waals surface area contributed by atoms with E-state index in [0.717, 1.165) is 16.3 Å². The van der Waals surface area contributed by atoms with Gasteiger partial charge in [0.15, 0.2) is 0 Å². The molecule has 0 spiro atoms. The number of para-hydroxylation sites is 2. The Balaban J connectivity index is 1.38. The number of imidazole rings is 1. The van der Waals surface area contributed by atoms with Gasteiger partial charge in [-0.1, -0.05) is 18.2 Å². The summed E-state index contributed by atoms with van der Waals surface area (Å²) >= 11 is 0.975. The highest BCUT2D eigenvalue weighted by molar-refractivity contribution is 7.89. The van der Waals surface area contributed by atoms with Crippen LogP contribution in [0.5, 0.6) is 0 Å². The van der Waals surface area contributed by atoms with Gasteiger partial charge in [0, 0.05) is 26.2 Å². The molecule has 0 N–H and O–H groups in total. The van der Waals surface area contributed by atoms with Crippen molar-refractivity contribution < 1.29 is 17.2 Å². The van der Waals surface area contributed by atoms with Crippen LogP contribution in [0.1, 0.15) is 25.3 Å². The van der Waals surface area contributed by atoms with E-state index in [1.165, 1.54) is 4.31 Å². The second-order valence-corrected chi connectivity index (χ2v) is 10.0. The Morgan fingerprint density at radius 3 is 2.44 bits per heavy atom. The van der Waals surface area contributed by atoms with Gasteiger partial charge in [0.25, 0.3) is 0 Å². The molecule has 0 bridgehead atoms. The van der Waals surface area contributed by atoms with Crippen LogP contribution in [0.4, 0.5) is 8.78 Å². The quantitative estimate of drug-likeness (QED) is 0.437. The fourth-order valence-corrected chi connectivity index (χ4v) is 6.36. The zero-order chi connectivity index (χ0) is 22.5. The number of hydrogen-bond acceptors (Lipinski definition) is 7. The van der Waals surface area contributed by atoms with E-state index in [2.05, 4.69) is 13.7 Å². The summed E-state index contributed by atoms with van der Waals surface area (Å²) in [4.78, 5) is 6.57. The molecule has 1 fully saturated rings. The second kappa shape index (κ2) is 8.10. The third-order valence-corrected chi connectivity index (χ3v) is 8.35. The van der Waals surface area contributed by atoms with Crippen molar-refractivity contribution >= 4 is 43.8 Å². The predicted molar refractivity (Wildman–Crippen MR) is 117 cm³/mol. The number of aromatic nitrogens is 4. The molecule has 8 nitrogen and oxygen atoms in total. The topological polar surface area (TPSA) is 84.2 Å². The summed E-state index contributed by atoms with van der Waals surface area (Å²) in [5.41, 5.74) is 1.82. The van der Waals surface area contributed by atoms with Gasteiger partial charge in [-0.2, -0.15) is 21.8 Å². The number of fused-ring (bicyclic) bond motifs is 2. The van der Waals surface area contributed by atoms with E-state index >= 15 is 0 Å². The molecule has 168 valence electrons. The number of sulfonamides is 1. The number of nitrogens with zero attached hydrogens (tertiary/aromatic N) is 6. The molecule has 0 radical (unpaired) electrons. The molecular formula is C20H20F2N6O2S2. The van der Waals surface area contributed by atoms with E-state index in [0.29, 0.717) is 35.2 Å². The molecule has 3 heterocycles. The first-order chi connectivity index (χ1) is 15.4. The highest BCUT2D eigenvalue weighted by atomic mass is 32.2. The maximum atomic E-state index is 13.8. The highest BCUT2D eigenvalue weighted by Gasteiger charge is 2.34. The van der Waals surface area contributed by atoms with Crippen LogP contribution in [0.2, 0.25) is 0 Å². The van der Waals surface area contributed by atoms with Crippen molar-refractivity contribution in [2.24, 2.45) is 0 Å². The summed E-state index contributed by atoms with van der Waals surface area (Å²) in [6, 6.07) is 11.3. The van der Waals surface area contributed by atoms with Crippen LogP contribution in [0.3, 0.4) is 0 Å². The van der Waals surface area contributed by atoms with Crippen LogP contribution in [0.15, 0.2) is 47.4 Å². The van der Waals surface area contributed by atoms with E-state index in [1.807, 2.05) is 11.8 Å². The average molecular weight is 479 g/mol. The minimum Gasteiger partial charge on any atom is -0.291 e. The minimum atomic E-state index is -3.74. The molecule has 1 aliphatic heterocycles. The number of halogens is 2. The molecule has 5 rings (SSSR count). The first-order valence-corrected chi connectivity index (χ1v) is 12.3. The molecular weight excluding hydrogens is 458 g/mol. The Morgan fingerprint density at radius 1 is 0.969 bits per heavy atom. The van der Waals surface area contributed by atoms with E-state index in [-0.39, 0.29) is 23.8 Å². The number of alkyl halides is 2. The summed E-state index contributed by atoms with van der Waals surface area (Å²) in [5.74, 6) is 0.274. The van der Waals surface area contributed by atoms with Crippen molar-refractivity contribution in [2.45, 2.75) is 24.4 Å². The number of piperazine rings is 1. The first-order valence-electron chi connectivity index (χ1n) is 10.1. The Kier molecular flexibility index (Phi) is 5.40. The Hall–Kier alpha value is -2.54. The van der Waals surface area contributed by atoms with Gasteiger partial charge in [0.05, 0.1) is 28.8 Å². The molecule has 2 aromatic heterocycles. The molecule has 32 heavy (non-hydrogen) atoms. The number of hydrogen-bond donors (Lipinski definition) is 0. The van der Waals surface area contributed by atoms with Gasteiger partial charge in [-0.3, -0.25) is 9.47 Å². The first kappa shape index (κ1) is 21.3. The average Bonchev–Trinajstić information content (AvgIpc) is 3.43. The fourth-order valence-electron chi connectivity index (χ4n) is 4.19. The molecule has 0 saturated carbocycles. The summed E-state index contributed by atoms with van der Waals surface area (Å²) in [5, 5.41) is 0. The van der Waals surface area contributed by atoms with Gasteiger partial charge in [0.2, 0.25) is 10.0 Å². The Bertz CT molecular complexity index is 1380. The summed E-state index contributed by atoms with van der Waals surface area (Å²) in [7, 11) is -3.74. The van der Waals surface area contributed by atoms with E-state index in [9.17, 15) is 17.2 Å². The molecule has 0 aliphatic carbocycles. The third kappa shape index (κ3) is 3.47. The van der Waals surface area contributed by atoms with Gasteiger partial charge in [-0.05, 0) is 31.2 Å². The van der Waals surface area contributed by atoms with E-state index < -0.39 is 22.6 Å². The van der Waals surface area contributed by atoms with Gasteiger partial charge in [0.1, 0.15) is 21.8 Å². The monoisotopic (exact) mass is 478 g/mol. The fraction of sp³-hybridized carbons (Fsp3) is 0.350. The lowest BCUT2D eigenvalue weighted by Gasteiger charge is -2.37. The van der Waals surface area contributed by atoms with Gasteiger partial charge in [-0.15, -0.1) is 0 Å². The summed E-state index contributed by atoms with van der Waals surface area (Å²) < 4.78 is 64.8. The predicted octanol–water partition coefficient (Wildman–Crippen LogP) is 3.50. The van der Waals surface area contributed by atoms with Crippen LogP contribution >= 0.6 is 11.7 Å². The smallest absolute Gasteiger partial charge is 0.291 e. The third-order valence-electron chi connectivity index (χ3n) is 5.88. The Labute approximate surface area is 187 Å². The lowest BCUT2D eigenvalue weighted by Crippen LogP contribution is -2.49. The van der Waals surface area contributed by atoms with Crippen LogP contribution in [-0.4, -0.2) is 62.1 Å². The Morgan fingerprint density at radius 2 is 1.69 bits per heavy atom. The largest absolute Gasteiger partial charge is 0.320 e. The second-order valence-electron chi connectivity index (χ2n) is 7.61. The van der Waals surface area contributed by atoms with Crippen molar-refractivity contribution in [2.75, 3.05) is 26.2 Å². The zero-order valence-electron chi connectivity index (χ0n) is 17.1. The van der Waals surface area contributed by atoms with E-state index in [4.69, 9.17) is 0 Å². The van der Waals surface area contributed by atoms with Crippen molar-refractivity contribution in [3.8, 4) is 0 Å². The maximum absolute atomic E-state index is 13.8. The molecule has 1 saturated heterocycles. The van der Waals surface area contributed by atoms with Crippen LogP contribution < -0.4 is 0 Å². The molecule has 1 unspecified atom stereocenters. The van der Waals surface area contributed by atoms with Crippen molar-refractivity contribution in [1.29, 1.82) is 0 Å². The van der Waals surface area contributed by atoms with E-state index in [1.54, 1.807) is 42.5 Å². The van der Waals surface area contributed by atoms with Crippen LogP contribution in [-0.2, 0) is 10.0 Å². The standard InChI is InChI=1S/C20H20F2N6O2S2/c1-13(19-23-14-5-2-3-7-16(14)28(19)20(21)22)26-9-11-27(12-10-26)32(29,30)17-8-4-6-15-18(17)25-31-24-15/h2-8,13,20H,9-12H2,1H3. The lowest BCUT2D eigenvalue weighted by molar-refractivity contribution is 0.0616. The summed E-state index contributed by atoms with van der Waals surface area (Å²) in [6.45, 7) is 0.404.